The first kappa shape index (κ1) is 10.2. The molecular formula is C11H11N5S. The van der Waals surface area contributed by atoms with Gasteiger partial charge in [0.25, 0.3) is 0 Å². The number of H-pyrrole nitrogens is 1. The summed E-state index contributed by atoms with van der Waals surface area (Å²) in [6.45, 7) is 1.95. The van der Waals surface area contributed by atoms with Crippen molar-refractivity contribution in [3.05, 3.63) is 29.4 Å². The molecule has 17 heavy (non-hydrogen) atoms. The molecular weight excluding hydrogens is 234 g/mol. The fourth-order valence-electron chi connectivity index (χ4n) is 1.72. The van der Waals surface area contributed by atoms with E-state index in [1.165, 1.54) is 0 Å². The van der Waals surface area contributed by atoms with Gasteiger partial charge in [-0.25, -0.2) is 4.98 Å². The molecule has 0 saturated heterocycles. The zero-order chi connectivity index (χ0) is 11.8. The van der Waals surface area contributed by atoms with Crippen LogP contribution in [0.15, 0.2) is 23.7 Å². The Kier molecular flexibility index (Phi) is 2.29. The van der Waals surface area contributed by atoms with E-state index in [1.807, 2.05) is 37.7 Å². The highest BCUT2D eigenvalue weighted by Crippen LogP contribution is 2.24. The second kappa shape index (κ2) is 3.81. The van der Waals surface area contributed by atoms with Crippen LogP contribution in [-0.4, -0.2) is 25.0 Å². The van der Waals surface area contributed by atoms with Gasteiger partial charge in [0.1, 0.15) is 0 Å². The van der Waals surface area contributed by atoms with E-state index in [-0.39, 0.29) is 0 Å². The lowest BCUT2D eigenvalue weighted by atomic mass is 10.2. The van der Waals surface area contributed by atoms with Crippen LogP contribution in [0.5, 0.6) is 0 Å². The molecule has 86 valence electrons. The Morgan fingerprint density at radius 1 is 1.41 bits per heavy atom. The average molecular weight is 245 g/mol. The van der Waals surface area contributed by atoms with E-state index in [1.54, 1.807) is 16.0 Å². The minimum Gasteiger partial charge on any atom is -0.275 e. The van der Waals surface area contributed by atoms with Crippen LogP contribution in [0.1, 0.15) is 5.69 Å². The van der Waals surface area contributed by atoms with E-state index < -0.39 is 0 Å². The number of nitrogens with zero attached hydrogens (tertiary/aromatic N) is 4. The fourth-order valence-corrected chi connectivity index (χ4v) is 2.39. The smallest absolute Gasteiger partial charge is 0.184 e. The van der Waals surface area contributed by atoms with Gasteiger partial charge in [-0.2, -0.15) is 10.2 Å². The molecule has 0 aliphatic carbocycles. The summed E-state index contributed by atoms with van der Waals surface area (Å²) in [5.41, 5.74) is 1.90. The van der Waals surface area contributed by atoms with Crippen LogP contribution in [0.4, 0.5) is 0 Å². The molecule has 3 rings (SSSR count). The molecule has 0 unspecified atom stereocenters. The van der Waals surface area contributed by atoms with Crippen LogP contribution >= 0.6 is 11.3 Å². The monoisotopic (exact) mass is 245 g/mol. The lowest BCUT2D eigenvalue weighted by molar-refractivity contribution is 0.756. The summed E-state index contributed by atoms with van der Waals surface area (Å²) in [6.07, 6.45) is 1.93. The first-order valence-corrected chi connectivity index (χ1v) is 6.09. The lowest BCUT2D eigenvalue weighted by Crippen LogP contribution is -1.86. The van der Waals surface area contributed by atoms with E-state index in [0.29, 0.717) is 5.82 Å². The normalized spacial score (nSPS) is 10.9. The zero-order valence-electron chi connectivity index (χ0n) is 9.51. The van der Waals surface area contributed by atoms with Crippen molar-refractivity contribution in [3.63, 3.8) is 0 Å². The molecule has 0 amide bonds. The van der Waals surface area contributed by atoms with E-state index >= 15 is 0 Å². The Hall–Kier alpha value is -1.95. The van der Waals surface area contributed by atoms with Crippen molar-refractivity contribution in [2.45, 2.75) is 6.92 Å². The highest BCUT2D eigenvalue weighted by Gasteiger charge is 2.12. The van der Waals surface area contributed by atoms with Gasteiger partial charge in [0, 0.05) is 13.2 Å². The van der Waals surface area contributed by atoms with E-state index in [9.17, 15) is 0 Å². The van der Waals surface area contributed by atoms with Crippen LogP contribution in [0.2, 0.25) is 0 Å². The number of aryl methyl sites for hydroxylation is 2. The molecule has 0 spiro atoms. The summed E-state index contributed by atoms with van der Waals surface area (Å²) in [6, 6.07) is 4.02. The minimum atomic E-state index is 0.694. The van der Waals surface area contributed by atoms with Crippen molar-refractivity contribution >= 4 is 11.3 Å². The van der Waals surface area contributed by atoms with Crippen molar-refractivity contribution in [2.24, 2.45) is 7.05 Å². The van der Waals surface area contributed by atoms with Gasteiger partial charge < -0.3 is 0 Å². The van der Waals surface area contributed by atoms with Crippen LogP contribution in [0.25, 0.3) is 22.1 Å². The summed E-state index contributed by atoms with van der Waals surface area (Å²) in [4.78, 5) is 5.58. The van der Waals surface area contributed by atoms with Gasteiger partial charge in [0.2, 0.25) is 0 Å². The van der Waals surface area contributed by atoms with Crippen molar-refractivity contribution < 1.29 is 0 Å². The maximum absolute atomic E-state index is 4.49. The lowest BCUT2D eigenvalue weighted by Gasteiger charge is -1.88. The molecule has 1 N–H and O–H groups in total. The SMILES string of the molecule is Cc1nn(C)cc1-c1n[nH]c(-c2cccs2)n1. The Bertz CT molecular complexity index is 635. The average Bonchev–Trinajstić information content (AvgIpc) is 2.97. The maximum atomic E-state index is 4.49. The Balaban J connectivity index is 2.03. The first-order chi connectivity index (χ1) is 8.24. The second-order valence-electron chi connectivity index (χ2n) is 3.79. The Morgan fingerprint density at radius 3 is 2.94 bits per heavy atom. The quantitative estimate of drug-likeness (QED) is 0.753. The van der Waals surface area contributed by atoms with Gasteiger partial charge in [0.05, 0.1) is 16.1 Å². The molecule has 0 atom stereocenters. The molecule has 0 bridgehead atoms. The zero-order valence-corrected chi connectivity index (χ0v) is 10.3. The van der Waals surface area contributed by atoms with Gasteiger partial charge in [-0.1, -0.05) is 6.07 Å². The third-order valence-corrected chi connectivity index (χ3v) is 3.37. The summed E-state index contributed by atoms with van der Waals surface area (Å²) in [5.74, 6) is 1.50. The molecule has 0 aromatic carbocycles. The van der Waals surface area contributed by atoms with Gasteiger partial charge in [0.15, 0.2) is 11.6 Å². The van der Waals surface area contributed by atoms with E-state index in [4.69, 9.17) is 0 Å². The third-order valence-electron chi connectivity index (χ3n) is 2.49. The van der Waals surface area contributed by atoms with Crippen molar-refractivity contribution in [3.8, 4) is 22.1 Å². The third kappa shape index (κ3) is 1.76. The molecule has 0 fully saturated rings. The number of aromatic nitrogens is 5. The topological polar surface area (TPSA) is 59.4 Å². The predicted octanol–water partition coefficient (Wildman–Crippen LogP) is 2.24. The van der Waals surface area contributed by atoms with E-state index in [0.717, 1.165) is 22.0 Å². The molecule has 5 nitrogen and oxygen atoms in total. The number of hydrogen-bond donors (Lipinski definition) is 1. The molecule has 3 aromatic rings. The van der Waals surface area contributed by atoms with Crippen LogP contribution in [0.3, 0.4) is 0 Å². The van der Waals surface area contributed by atoms with Crippen LogP contribution in [-0.2, 0) is 7.05 Å². The summed E-state index contributed by atoms with van der Waals surface area (Å²) in [5, 5.41) is 13.5. The summed E-state index contributed by atoms with van der Waals surface area (Å²) in [7, 11) is 1.89. The molecule has 3 heterocycles. The first-order valence-electron chi connectivity index (χ1n) is 5.21. The number of thiophene rings is 1. The molecule has 0 aliphatic heterocycles. The van der Waals surface area contributed by atoms with Crippen molar-refractivity contribution in [1.29, 1.82) is 0 Å². The number of nitrogens with one attached hydrogen (secondary N) is 1. The number of hydrogen-bond acceptors (Lipinski definition) is 4. The summed E-state index contributed by atoms with van der Waals surface area (Å²) >= 11 is 1.64. The Morgan fingerprint density at radius 2 is 2.29 bits per heavy atom. The largest absolute Gasteiger partial charge is 0.275 e. The minimum absolute atomic E-state index is 0.694. The number of aromatic amines is 1. The standard InChI is InChI=1S/C11H11N5S/c1-7-8(6-16(2)15-7)10-12-11(14-13-10)9-4-3-5-17-9/h3-6H,1-2H3,(H,12,13,14). The predicted molar refractivity (Wildman–Crippen MR) is 66.6 cm³/mol. The molecule has 0 aliphatic rings. The Labute approximate surface area is 102 Å². The number of rotatable bonds is 2. The van der Waals surface area contributed by atoms with Crippen LogP contribution in [0, 0.1) is 6.92 Å². The molecule has 6 heteroatoms. The van der Waals surface area contributed by atoms with Gasteiger partial charge in [-0.3, -0.25) is 9.78 Å². The highest BCUT2D eigenvalue weighted by molar-refractivity contribution is 7.13. The molecule has 0 radical (unpaired) electrons. The van der Waals surface area contributed by atoms with Crippen molar-refractivity contribution in [2.75, 3.05) is 0 Å². The van der Waals surface area contributed by atoms with Gasteiger partial charge in [-0.05, 0) is 18.4 Å². The molecule has 0 saturated carbocycles. The van der Waals surface area contributed by atoms with E-state index in [2.05, 4.69) is 20.3 Å². The second-order valence-corrected chi connectivity index (χ2v) is 4.73. The van der Waals surface area contributed by atoms with Crippen molar-refractivity contribution in [1.82, 2.24) is 25.0 Å². The van der Waals surface area contributed by atoms with Gasteiger partial charge in [-0.15, -0.1) is 11.3 Å². The maximum Gasteiger partial charge on any atom is 0.184 e. The van der Waals surface area contributed by atoms with Gasteiger partial charge >= 0.3 is 0 Å². The fraction of sp³-hybridized carbons (Fsp3) is 0.182. The molecule has 3 aromatic heterocycles. The highest BCUT2D eigenvalue weighted by atomic mass is 32.1. The van der Waals surface area contributed by atoms with Crippen LogP contribution < -0.4 is 0 Å². The summed E-state index contributed by atoms with van der Waals surface area (Å²) < 4.78 is 1.77.